The van der Waals surface area contributed by atoms with E-state index in [1.54, 1.807) is 13.0 Å². The van der Waals surface area contributed by atoms with Gasteiger partial charge < -0.3 is 5.32 Å². The number of hydrogen-bond donors (Lipinski definition) is 1. The van der Waals surface area contributed by atoms with Crippen LogP contribution in [0, 0.1) is 18.8 Å². The first-order valence-electron chi connectivity index (χ1n) is 4.58. The van der Waals surface area contributed by atoms with E-state index >= 15 is 0 Å². The van der Waals surface area contributed by atoms with Crippen molar-refractivity contribution in [1.29, 1.82) is 0 Å². The van der Waals surface area contributed by atoms with Crippen LogP contribution in [0.4, 0.5) is 0 Å². The topological polar surface area (TPSA) is 29.1 Å². The van der Waals surface area contributed by atoms with E-state index in [0.29, 0.717) is 12.1 Å². The van der Waals surface area contributed by atoms with Gasteiger partial charge in [0.1, 0.15) is 0 Å². The van der Waals surface area contributed by atoms with Crippen molar-refractivity contribution in [2.45, 2.75) is 13.8 Å². The number of halogens is 1. The molecule has 0 aromatic heterocycles. The SMILES string of the molecule is CC#CCNC(=O)c1cc(C)cc(Br)c1. The molecule has 0 fully saturated rings. The highest BCUT2D eigenvalue weighted by Gasteiger charge is 2.05. The lowest BCUT2D eigenvalue weighted by molar-refractivity contribution is 0.0958. The van der Waals surface area contributed by atoms with E-state index in [4.69, 9.17) is 0 Å². The monoisotopic (exact) mass is 265 g/mol. The molecule has 1 aromatic rings. The second-order valence-corrected chi connectivity index (χ2v) is 4.04. The van der Waals surface area contributed by atoms with Gasteiger partial charge in [-0.2, -0.15) is 0 Å². The number of hydrogen-bond acceptors (Lipinski definition) is 1. The van der Waals surface area contributed by atoms with E-state index in [9.17, 15) is 4.79 Å². The molecule has 0 aliphatic rings. The van der Waals surface area contributed by atoms with Gasteiger partial charge in [0.2, 0.25) is 0 Å². The van der Waals surface area contributed by atoms with Crippen LogP contribution in [0.3, 0.4) is 0 Å². The van der Waals surface area contributed by atoms with Gasteiger partial charge in [-0.15, -0.1) is 5.92 Å². The Hall–Kier alpha value is -1.27. The summed E-state index contributed by atoms with van der Waals surface area (Å²) in [6, 6.07) is 5.60. The van der Waals surface area contributed by atoms with Crippen LogP contribution in [0.1, 0.15) is 22.8 Å². The number of rotatable bonds is 2. The molecular weight excluding hydrogens is 254 g/mol. The average Bonchev–Trinajstić information content (AvgIpc) is 2.16. The molecule has 3 heteroatoms. The summed E-state index contributed by atoms with van der Waals surface area (Å²) in [5.41, 5.74) is 1.70. The van der Waals surface area contributed by atoms with E-state index in [0.717, 1.165) is 10.0 Å². The van der Waals surface area contributed by atoms with Crippen molar-refractivity contribution in [3.63, 3.8) is 0 Å². The fourth-order valence-corrected chi connectivity index (χ4v) is 1.79. The minimum Gasteiger partial charge on any atom is -0.341 e. The molecule has 1 rings (SSSR count). The highest BCUT2D eigenvalue weighted by molar-refractivity contribution is 9.10. The predicted molar refractivity (Wildman–Crippen MR) is 64.7 cm³/mol. The maximum Gasteiger partial charge on any atom is 0.252 e. The molecule has 0 bridgehead atoms. The first kappa shape index (κ1) is 11.8. The fraction of sp³-hybridized carbons (Fsp3) is 0.250. The fourth-order valence-electron chi connectivity index (χ4n) is 1.18. The summed E-state index contributed by atoms with van der Waals surface area (Å²) in [5.74, 6) is 5.41. The highest BCUT2D eigenvalue weighted by atomic mass is 79.9. The molecule has 0 aliphatic heterocycles. The highest BCUT2D eigenvalue weighted by Crippen LogP contribution is 2.15. The quantitative estimate of drug-likeness (QED) is 0.819. The van der Waals surface area contributed by atoms with Gasteiger partial charge >= 0.3 is 0 Å². The third-order valence-electron chi connectivity index (χ3n) is 1.82. The van der Waals surface area contributed by atoms with E-state index in [2.05, 4.69) is 33.1 Å². The van der Waals surface area contributed by atoms with Crippen molar-refractivity contribution in [3.05, 3.63) is 33.8 Å². The summed E-state index contributed by atoms with van der Waals surface area (Å²) in [7, 11) is 0. The molecule has 2 nitrogen and oxygen atoms in total. The molecule has 0 heterocycles. The Morgan fingerprint density at radius 1 is 1.47 bits per heavy atom. The van der Waals surface area contributed by atoms with Gasteiger partial charge in [-0.3, -0.25) is 4.79 Å². The Bertz CT molecular complexity index is 409. The Labute approximate surface area is 98.2 Å². The Kier molecular flexibility index (Phi) is 4.38. The summed E-state index contributed by atoms with van der Waals surface area (Å²) in [6.45, 7) is 4.09. The molecular formula is C12H12BrNO. The third kappa shape index (κ3) is 3.77. The number of aryl methyl sites for hydroxylation is 1. The van der Waals surface area contributed by atoms with Gasteiger partial charge in [-0.1, -0.05) is 21.9 Å². The summed E-state index contributed by atoms with van der Waals surface area (Å²) in [4.78, 5) is 11.6. The van der Waals surface area contributed by atoms with Crippen molar-refractivity contribution in [2.24, 2.45) is 0 Å². The zero-order valence-corrected chi connectivity index (χ0v) is 10.3. The van der Waals surface area contributed by atoms with E-state index in [1.165, 1.54) is 0 Å². The van der Waals surface area contributed by atoms with E-state index < -0.39 is 0 Å². The minimum absolute atomic E-state index is 0.0952. The van der Waals surface area contributed by atoms with Gasteiger partial charge in [0.15, 0.2) is 0 Å². The normalized spacial score (nSPS) is 9.00. The lowest BCUT2D eigenvalue weighted by Crippen LogP contribution is -2.23. The lowest BCUT2D eigenvalue weighted by atomic mass is 10.1. The molecule has 78 valence electrons. The second-order valence-electron chi connectivity index (χ2n) is 3.13. The summed E-state index contributed by atoms with van der Waals surface area (Å²) in [5, 5.41) is 2.72. The molecule has 15 heavy (non-hydrogen) atoms. The van der Waals surface area contributed by atoms with Crippen molar-refractivity contribution >= 4 is 21.8 Å². The molecule has 1 aromatic carbocycles. The average molecular weight is 266 g/mol. The molecule has 0 saturated heterocycles. The number of carbonyl (C=O) groups is 1. The standard InChI is InChI=1S/C12H12BrNO/c1-3-4-5-14-12(15)10-6-9(2)7-11(13)8-10/h6-8H,5H2,1-2H3,(H,14,15). The molecule has 0 spiro atoms. The van der Waals surface area contributed by atoms with Crippen molar-refractivity contribution in [2.75, 3.05) is 6.54 Å². The van der Waals surface area contributed by atoms with Crippen LogP contribution >= 0.6 is 15.9 Å². The van der Waals surface area contributed by atoms with Crippen molar-refractivity contribution in [1.82, 2.24) is 5.32 Å². The van der Waals surface area contributed by atoms with E-state index in [1.807, 2.05) is 19.1 Å². The first-order chi connectivity index (χ1) is 7.13. The molecule has 1 N–H and O–H groups in total. The van der Waals surface area contributed by atoms with Gasteiger partial charge in [-0.05, 0) is 37.6 Å². The second kappa shape index (κ2) is 5.57. The van der Waals surface area contributed by atoms with Crippen LogP contribution in [-0.4, -0.2) is 12.5 Å². The summed E-state index contributed by atoms with van der Waals surface area (Å²) in [6.07, 6.45) is 0. The Balaban J connectivity index is 2.76. The lowest BCUT2D eigenvalue weighted by Gasteiger charge is -2.03. The zero-order valence-electron chi connectivity index (χ0n) is 8.73. The summed E-state index contributed by atoms with van der Waals surface area (Å²) >= 11 is 3.36. The number of amides is 1. The number of benzene rings is 1. The maximum atomic E-state index is 11.6. The first-order valence-corrected chi connectivity index (χ1v) is 5.38. The van der Waals surface area contributed by atoms with Crippen molar-refractivity contribution in [3.8, 4) is 11.8 Å². The molecule has 0 unspecified atom stereocenters. The number of nitrogens with one attached hydrogen (secondary N) is 1. The summed E-state index contributed by atoms with van der Waals surface area (Å²) < 4.78 is 0.911. The molecule has 1 amide bonds. The minimum atomic E-state index is -0.0952. The zero-order chi connectivity index (χ0) is 11.3. The molecule has 0 atom stereocenters. The van der Waals surface area contributed by atoms with Crippen LogP contribution in [0.5, 0.6) is 0 Å². The van der Waals surface area contributed by atoms with Crippen LogP contribution in [-0.2, 0) is 0 Å². The Morgan fingerprint density at radius 2 is 2.20 bits per heavy atom. The van der Waals surface area contributed by atoms with E-state index in [-0.39, 0.29) is 5.91 Å². The van der Waals surface area contributed by atoms with Gasteiger partial charge in [-0.25, -0.2) is 0 Å². The smallest absolute Gasteiger partial charge is 0.252 e. The van der Waals surface area contributed by atoms with Crippen molar-refractivity contribution < 1.29 is 4.79 Å². The van der Waals surface area contributed by atoms with Gasteiger partial charge in [0.05, 0.1) is 6.54 Å². The van der Waals surface area contributed by atoms with Gasteiger partial charge in [0, 0.05) is 10.0 Å². The predicted octanol–water partition coefficient (Wildman–Crippen LogP) is 2.51. The Morgan fingerprint density at radius 3 is 2.80 bits per heavy atom. The van der Waals surface area contributed by atoms with Crippen LogP contribution < -0.4 is 5.32 Å². The van der Waals surface area contributed by atoms with Crippen LogP contribution in [0.25, 0.3) is 0 Å². The molecule has 0 radical (unpaired) electrons. The number of carbonyl (C=O) groups excluding carboxylic acids is 1. The largest absolute Gasteiger partial charge is 0.341 e. The third-order valence-corrected chi connectivity index (χ3v) is 2.28. The van der Waals surface area contributed by atoms with Crippen LogP contribution in [0.15, 0.2) is 22.7 Å². The van der Waals surface area contributed by atoms with Gasteiger partial charge in [0.25, 0.3) is 5.91 Å². The molecule has 0 aliphatic carbocycles. The molecule has 0 saturated carbocycles. The van der Waals surface area contributed by atoms with Crippen LogP contribution in [0.2, 0.25) is 0 Å². The maximum absolute atomic E-state index is 11.6.